The van der Waals surface area contributed by atoms with E-state index < -0.39 is 33.0 Å². The van der Waals surface area contributed by atoms with Crippen LogP contribution in [0.15, 0.2) is 0 Å². The first kappa shape index (κ1) is 31.2. The van der Waals surface area contributed by atoms with Crippen molar-refractivity contribution in [3.8, 4) is 0 Å². The molecule has 0 saturated carbocycles. The van der Waals surface area contributed by atoms with Crippen LogP contribution in [-0.2, 0) is 33.0 Å². The van der Waals surface area contributed by atoms with E-state index in [9.17, 15) is 0 Å². The van der Waals surface area contributed by atoms with Crippen LogP contribution in [0.25, 0.3) is 0 Å². The van der Waals surface area contributed by atoms with E-state index in [1.165, 1.54) is 37.0 Å². The third kappa shape index (κ3) is 37.6. The molecule has 20 heavy (non-hydrogen) atoms. The van der Waals surface area contributed by atoms with E-state index in [2.05, 4.69) is 41.5 Å². The van der Waals surface area contributed by atoms with Gasteiger partial charge in [-0.15, -0.1) is 15.8 Å². The molecule has 0 aromatic rings. The summed E-state index contributed by atoms with van der Waals surface area (Å²) < 4.78 is 0. The van der Waals surface area contributed by atoms with Crippen molar-refractivity contribution in [3.63, 3.8) is 0 Å². The molecular weight excluding hydrogens is 738 g/mol. The van der Waals surface area contributed by atoms with E-state index in [0.717, 1.165) is 0 Å². The van der Waals surface area contributed by atoms with Gasteiger partial charge in [0.1, 0.15) is 0 Å². The molecule has 0 bridgehead atoms. The Morgan fingerprint density at radius 1 is 0.500 bits per heavy atom. The van der Waals surface area contributed by atoms with E-state index in [-0.39, 0.29) is 0 Å². The van der Waals surface area contributed by atoms with Gasteiger partial charge in [0.25, 0.3) is 0 Å². The summed E-state index contributed by atoms with van der Waals surface area (Å²) in [6, 6.07) is 0. The van der Waals surface area contributed by atoms with Crippen LogP contribution in [0, 0.1) is 0 Å². The van der Waals surface area contributed by atoms with Crippen molar-refractivity contribution in [1.29, 1.82) is 0 Å². The van der Waals surface area contributed by atoms with Crippen molar-refractivity contribution < 1.29 is 33.0 Å². The van der Waals surface area contributed by atoms with Gasteiger partial charge in [0.05, 0.1) is 0 Å². The standard InChI is InChI=1S/2C6H15P.4ClH.2Pt/c2*1-4-7(5-2)6-3;;;;;;/h2*4-6H2,1-3H3;4*1H;;/q;;;;;;2*+2/p-4. The summed E-state index contributed by atoms with van der Waals surface area (Å²) in [6.45, 7) is 13.7. The van der Waals surface area contributed by atoms with Gasteiger partial charge >= 0.3 is 70.6 Å². The van der Waals surface area contributed by atoms with E-state index in [1.54, 1.807) is 0 Å². The van der Waals surface area contributed by atoms with Crippen LogP contribution in [0.2, 0.25) is 0 Å². The second-order valence-electron chi connectivity index (χ2n) is 3.33. The third-order valence-corrected chi connectivity index (χ3v) is 8.05. The van der Waals surface area contributed by atoms with E-state index >= 15 is 0 Å². The Labute approximate surface area is 163 Å². The quantitative estimate of drug-likeness (QED) is 0.242. The Morgan fingerprint density at radius 2 is 0.600 bits per heavy atom. The van der Waals surface area contributed by atoms with Gasteiger partial charge in [-0.2, -0.15) is 0 Å². The van der Waals surface area contributed by atoms with Gasteiger partial charge in [-0.3, -0.25) is 0 Å². The van der Waals surface area contributed by atoms with Crippen molar-refractivity contribution >= 4 is 53.5 Å². The van der Waals surface area contributed by atoms with Crippen LogP contribution < -0.4 is 0 Å². The zero-order chi connectivity index (χ0) is 16.8. The molecule has 0 aromatic heterocycles. The molecule has 0 atom stereocenters. The Hall–Kier alpha value is 3.40. The molecule has 0 radical (unpaired) electrons. The molecule has 0 rings (SSSR count). The number of hydrogen-bond donors (Lipinski definition) is 0. The van der Waals surface area contributed by atoms with Crippen LogP contribution in [0.5, 0.6) is 0 Å². The van der Waals surface area contributed by atoms with Gasteiger partial charge in [-0.25, -0.2) is 0 Å². The first-order valence-electron chi connectivity index (χ1n) is 6.62. The maximum atomic E-state index is 4.88. The van der Waals surface area contributed by atoms with Crippen LogP contribution in [0.3, 0.4) is 0 Å². The van der Waals surface area contributed by atoms with E-state index in [0.29, 0.717) is 15.8 Å². The molecule has 0 aliphatic rings. The molecule has 0 saturated heterocycles. The molecule has 0 N–H and O–H groups in total. The summed E-state index contributed by atoms with van der Waals surface area (Å²) in [5.74, 6) is 0. The van der Waals surface area contributed by atoms with E-state index in [1.807, 2.05) is 0 Å². The summed E-state index contributed by atoms with van der Waals surface area (Å²) in [4.78, 5) is 0. The molecule has 0 heterocycles. The van der Waals surface area contributed by atoms with Crippen molar-refractivity contribution in [3.05, 3.63) is 0 Å². The number of rotatable bonds is 6. The Balaban J connectivity index is -0.0000000927. The molecule has 0 aliphatic heterocycles. The topological polar surface area (TPSA) is 0 Å². The molecule has 0 nitrogen and oxygen atoms in total. The maximum absolute atomic E-state index is 4.88. The van der Waals surface area contributed by atoms with Crippen LogP contribution in [0.1, 0.15) is 41.5 Å². The van der Waals surface area contributed by atoms with Crippen LogP contribution >= 0.6 is 53.5 Å². The second-order valence-corrected chi connectivity index (χ2v) is 16.4. The van der Waals surface area contributed by atoms with Gasteiger partial charge in [-0.05, 0) is 37.0 Å². The van der Waals surface area contributed by atoms with Crippen LogP contribution in [0.4, 0.5) is 0 Å². The monoisotopic (exact) mass is 766 g/mol. The van der Waals surface area contributed by atoms with Crippen molar-refractivity contribution in [1.82, 2.24) is 0 Å². The first-order valence-corrected chi connectivity index (χ1v) is 21.7. The molecule has 0 unspecified atom stereocenters. The Bertz CT molecular complexity index is 105. The number of halogens is 4. The summed E-state index contributed by atoms with van der Waals surface area (Å²) in [5.41, 5.74) is 0. The fraction of sp³-hybridized carbons (Fsp3) is 1.00. The van der Waals surface area contributed by atoms with E-state index in [4.69, 9.17) is 37.7 Å². The van der Waals surface area contributed by atoms with Gasteiger partial charge in [0, 0.05) is 0 Å². The summed E-state index contributed by atoms with van der Waals surface area (Å²) >= 11 is -0.944. The summed E-state index contributed by atoms with van der Waals surface area (Å²) in [7, 11) is 20.4. The molecule has 0 aliphatic carbocycles. The molecule has 136 valence electrons. The SMILES string of the molecule is CCP(CC)CC.CCP(CC)CC.[Cl][Pt][Cl].[Cl][Pt][Cl]. The first-order chi connectivity index (χ1) is 9.52. The Kier molecular flexibility index (Phi) is 52.8. The van der Waals surface area contributed by atoms with Gasteiger partial charge in [0.15, 0.2) is 0 Å². The average Bonchev–Trinajstić information content (AvgIpc) is 2.45. The number of hydrogen-bond acceptors (Lipinski definition) is 0. The molecule has 0 fully saturated rings. The minimum absolute atomic E-state index is 0.446. The predicted molar refractivity (Wildman–Crippen MR) is 100 cm³/mol. The summed E-state index contributed by atoms with van der Waals surface area (Å²) in [6.07, 6.45) is 8.51. The van der Waals surface area contributed by atoms with Crippen molar-refractivity contribution in [2.24, 2.45) is 0 Å². The van der Waals surface area contributed by atoms with Crippen molar-refractivity contribution in [2.45, 2.75) is 41.5 Å². The molecule has 0 aromatic carbocycles. The van der Waals surface area contributed by atoms with Gasteiger partial charge in [-0.1, -0.05) is 41.5 Å². The van der Waals surface area contributed by atoms with Crippen molar-refractivity contribution in [2.75, 3.05) is 37.0 Å². The normalized spacial score (nSPS) is 9.40. The second kappa shape index (κ2) is 33.9. The zero-order valence-corrected chi connectivity index (χ0v) is 22.6. The van der Waals surface area contributed by atoms with Gasteiger partial charge < -0.3 is 0 Å². The molecule has 8 heteroatoms. The van der Waals surface area contributed by atoms with Crippen LogP contribution in [-0.4, -0.2) is 37.0 Å². The fourth-order valence-electron chi connectivity index (χ4n) is 1.34. The minimum atomic E-state index is -0.472. The molecular formula is C12H30Cl4P2Pt2. The summed E-state index contributed by atoms with van der Waals surface area (Å²) in [5, 5.41) is 0. The third-order valence-electron chi connectivity index (χ3n) is 2.68. The average molecular weight is 768 g/mol. The fourth-order valence-corrected chi connectivity index (χ4v) is 4.02. The molecule has 0 amide bonds. The zero-order valence-electron chi connectivity index (χ0n) is 13.3. The predicted octanol–water partition coefficient (Wildman–Crippen LogP) is 7.81. The van der Waals surface area contributed by atoms with Gasteiger partial charge in [0.2, 0.25) is 0 Å². The molecule has 0 spiro atoms. The Morgan fingerprint density at radius 3 is 0.600 bits per heavy atom.